The number of aliphatic imine (C=N–C) groups is 1. The minimum atomic E-state index is -1.41. The molecule has 26 heavy (non-hydrogen) atoms. The molecule has 1 unspecified atom stereocenters. The van der Waals surface area contributed by atoms with Gasteiger partial charge in [-0.2, -0.15) is 0 Å². The number of aliphatic carboxylic acids is 1. The summed E-state index contributed by atoms with van der Waals surface area (Å²) in [5, 5.41) is 21.3. The smallest absolute Gasteiger partial charge is 0.417 e. The number of carboxylic acids is 1. The van der Waals surface area contributed by atoms with Crippen LogP contribution in [0.15, 0.2) is 52.1 Å². The van der Waals surface area contributed by atoms with Gasteiger partial charge in [-0.1, -0.05) is 12.1 Å². The predicted octanol–water partition coefficient (Wildman–Crippen LogP) is 3.30. The van der Waals surface area contributed by atoms with E-state index >= 15 is 0 Å². The average Bonchev–Trinajstić information content (AvgIpc) is 3.08. The van der Waals surface area contributed by atoms with Crippen LogP contribution in [0.5, 0.6) is 0 Å². The van der Waals surface area contributed by atoms with E-state index in [1.165, 1.54) is 48.7 Å². The molecular formula is C17H14FN3O4S. The summed E-state index contributed by atoms with van der Waals surface area (Å²) in [5.74, 6) is -1.74. The van der Waals surface area contributed by atoms with Gasteiger partial charge in [0.15, 0.2) is 10.8 Å². The first kappa shape index (κ1) is 17.7. The standard InChI is InChI=1S/C17H14FN3O4S/c1-9-12(15(22)23)17(2,10-3-5-11(18)6-4-10)20-13(21(9)16(24)25)14-19-7-8-26-14/h3-8H,1-2H3,(H,22,23)(H,24,25). The van der Waals surface area contributed by atoms with E-state index in [1.54, 1.807) is 12.3 Å². The Kier molecular flexibility index (Phi) is 4.33. The number of halogens is 1. The molecule has 9 heteroatoms. The number of nitrogens with zero attached hydrogens (tertiary/aromatic N) is 3. The highest BCUT2D eigenvalue weighted by Gasteiger charge is 2.45. The summed E-state index contributed by atoms with van der Waals surface area (Å²) in [6, 6.07) is 5.28. The van der Waals surface area contributed by atoms with E-state index in [1.807, 2.05) is 0 Å². The molecule has 1 amide bonds. The van der Waals surface area contributed by atoms with Crippen LogP contribution in [0.2, 0.25) is 0 Å². The normalized spacial score (nSPS) is 20.1. The first-order chi connectivity index (χ1) is 12.3. The van der Waals surface area contributed by atoms with Crippen LogP contribution < -0.4 is 0 Å². The lowest BCUT2D eigenvalue weighted by Crippen LogP contribution is -2.45. The van der Waals surface area contributed by atoms with Crippen molar-refractivity contribution >= 4 is 29.2 Å². The van der Waals surface area contributed by atoms with Crippen LogP contribution in [0.3, 0.4) is 0 Å². The van der Waals surface area contributed by atoms with E-state index in [0.717, 1.165) is 4.90 Å². The highest BCUT2D eigenvalue weighted by atomic mass is 32.1. The molecule has 1 aromatic heterocycles. The van der Waals surface area contributed by atoms with Crippen LogP contribution in [0.25, 0.3) is 0 Å². The Hall–Kier alpha value is -3.07. The largest absolute Gasteiger partial charge is 0.478 e. The van der Waals surface area contributed by atoms with E-state index in [0.29, 0.717) is 10.6 Å². The highest BCUT2D eigenvalue weighted by Crippen LogP contribution is 2.41. The molecule has 1 atom stereocenters. The van der Waals surface area contributed by atoms with E-state index in [4.69, 9.17) is 0 Å². The molecule has 0 fully saturated rings. The zero-order chi connectivity index (χ0) is 19.1. The molecule has 0 bridgehead atoms. The van der Waals surface area contributed by atoms with Crippen LogP contribution in [-0.4, -0.2) is 38.0 Å². The van der Waals surface area contributed by atoms with E-state index in [9.17, 15) is 24.2 Å². The van der Waals surface area contributed by atoms with Gasteiger partial charge in [0.2, 0.25) is 0 Å². The molecular weight excluding hydrogens is 361 g/mol. The van der Waals surface area contributed by atoms with E-state index in [-0.39, 0.29) is 17.1 Å². The maximum atomic E-state index is 13.3. The monoisotopic (exact) mass is 375 g/mol. The number of benzene rings is 1. The van der Waals surface area contributed by atoms with Gasteiger partial charge in [-0.05, 0) is 31.5 Å². The predicted molar refractivity (Wildman–Crippen MR) is 92.6 cm³/mol. The van der Waals surface area contributed by atoms with Gasteiger partial charge in [-0.3, -0.25) is 0 Å². The quantitative estimate of drug-likeness (QED) is 0.857. The number of thiazole rings is 1. The molecule has 0 spiro atoms. The number of hydrogen-bond donors (Lipinski definition) is 2. The van der Waals surface area contributed by atoms with Crippen molar-refractivity contribution in [3.8, 4) is 0 Å². The Morgan fingerprint density at radius 1 is 1.23 bits per heavy atom. The molecule has 0 aliphatic carbocycles. The molecule has 1 aliphatic rings. The van der Waals surface area contributed by atoms with Gasteiger partial charge < -0.3 is 10.2 Å². The number of aromatic nitrogens is 1. The molecule has 0 saturated carbocycles. The lowest BCUT2D eigenvalue weighted by Gasteiger charge is -2.36. The summed E-state index contributed by atoms with van der Waals surface area (Å²) in [5.41, 5.74) is -1.17. The summed E-state index contributed by atoms with van der Waals surface area (Å²) in [6.07, 6.45) is 0.139. The van der Waals surface area contributed by atoms with Crippen molar-refractivity contribution in [3.63, 3.8) is 0 Å². The Balaban J connectivity index is 2.31. The first-order valence-corrected chi connectivity index (χ1v) is 8.37. The highest BCUT2D eigenvalue weighted by molar-refractivity contribution is 7.11. The Morgan fingerprint density at radius 2 is 1.88 bits per heavy atom. The fourth-order valence-electron chi connectivity index (χ4n) is 3.00. The van der Waals surface area contributed by atoms with Gasteiger partial charge in [0.05, 0.1) is 5.57 Å². The Morgan fingerprint density at radius 3 is 2.38 bits per heavy atom. The third-order valence-corrected chi connectivity index (χ3v) is 4.93. The van der Waals surface area contributed by atoms with Crippen LogP contribution in [0, 0.1) is 5.82 Å². The van der Waals surface area contributed by atoms with Crippen molar-refractivity contribution in [2.45, 2.75) is 19.4 Å². The lowest BCUT2D eigenvalue weighted by atomic mass is 9.82. The maximum Gasteiger partial charge on any atom is 0.417 e. The van der Waals surface area contributed by atoms with Gasteiger partial charge in [-0.15, -0.1) is 11.3 Å². The van der Waals surface area contributed by atoms with E-state index < -0.39 is 23.4 Å². The van der Waals surface area contributed by atoms with Crippen molar-refractivity contribution in [3.05, 3.63) is 63.5 Å². The van der Waals surface area contributed by atoms with Crippen molar-refractivity contribution < 1.29 is 24.2 Å². The second-order valence-electron chi connectivity index (χ2n) is 5.74. The summed E-state index contributed by atoms with van der Waals surface area (Å²) in [7, 11) is 0. The van der Waals surface area contributed by atoms with Gasteiger partial charge >= 0.3 is 12.1 Å². The number of rotatable bonds is 3. The SMILES string of the molecule is CC1=C(C(=O)O)C(C)(c2ccc(F)cc2)N=C(c2nccs2)N1C(=O)O. The van der Waals surface area contributed by atoms with Crippen molar-refractivity contribution in [2.75, 3.05) is 0 Å². The zero-order valence-electron chi connectivity index (χ0n) is 13.8. The number of hydrogen-bond acceptors (Lipinski definition) is 5. The molecule has 3 rings (SSSR count). The summed E-state index contributed by atoms with van der Waals surface area (Å²) in [6.45, 7) is 2.96. The van der Waals surface area contributed by atoms with E-state index in [2.05, 4.69) is 9.98 Å². The van der Waals surface area contributed by atoms with Gasteiger partial charge in [0.25, 0.3) is 0 Å². The second-order valence-corrected chi connectivity index (χ2v) is 6.63. The molecule has 2 heterocycles. The number of carbonyl (C=O) groups is 2. The molecule has 2 aromatic rings. The number of amidine groups is 1. The van der Waals surface area contributed by atoms with Crippen molar-refractivity contribution in [1.29, 1.82) is 0 Å². The van der Waals surface area contributed by atoms with Gasteiger partial charge in [0.1, 0.15) is 11.4 Å². The maximum absolute atomic E-state index is 13.3. The fraction of sp³-hybridized carbons (Fsp3) is 0.176. The molecule has 1 aliphatic heterocycles. The summed E-state index contributed by atoms with van der Waals surface area (Å²) in [4.78, 5) is 33.1. The molecule has 1 aromatic carbocycles. The van der Waals surface area contributed by atoms with Crippen LogP contribution in [0.1, 0.15) is 24.4 Å². The lowest BCUT2D eigenvalue weighted by molar-refractivity contribution is -0.133. The van der Waals surface area contributed by atoms with Crippen molar-refractivity contribution in [2.24, 2.45) is 4.99 Å². The minimum absolute atomic E-state index is 0.0111. The number of amides is 1. The van der Waals surface area contributed by atoms with Crippen molar-refractivity contribution in [1.82, 2.24) is 9.88 Å². The fourth-order valence-corrected chi connectivity index (χ4v) is 3.61. The summed E-state index contributed by atoms with van der Waals surface area (Å²) >= 11 is 1.18. The topological polar surface area (TPSA) is 103 Å². The van der Waals surface area contributed by atoms with Gasteiger partial charge in [-0.25, -0.2) is 28.9 Å². The number of allylic oxidation sites excluding steroid dienone is 1. The first-order valence-electron chi connectivity index (χ1n) is 7.49. The van der Waals surface area contributed by atoms with Gasteiger partial charge in [0, 0.05) is 17.3 Å². The van der Waals surface area contributed by atoms with Crippen LogP contribution >= 0.6 is 11.3 Å². The molecule has 0 radical (unpaired) electrons. The Labute approximate surface area is 151 Å². The minimum Gasteiger partial charge on any atom is -0.478 e. The average molecular weight is 375 g/mol. The molecule has 0 saturated heterocycles. The molecule has 2 N–H and O–H groups in total. The summed E-state index contributed by atoms with van der Waals surface area (Å²) < 4.78 is 13.3. The third kappa shape index (κ3) is 2.76. The molecule has 7 nitrogen and oxygen atoms in total. The third-order valence-electron chi connectivity index (χ3n) is 4.16. The Bertz CT molecular complexity index is 937. The molecule has 134 valence electrons. The van der Waals surface area contributed by atoms with Crippen LogP contribution in [0.4, 0.5) is 9.18 Å². The second kappa shape index (κ2) is 6.34. The number of carboxylic acid groups (broad SMARTS) is 2. The zero-order valence-corrected chi connectivity index (χ0v) is 14.6. The van der Waals surface area contributed by atoms with Crippen LogP contribution in [-0.2, 0) is 10.3 Å².